The molecule has 1 heterocycles. The second-order valence-corrected chi connectivity index (χ2v) is 4.88. The highest BCUT2D eigenvalue weighted by atomic mass is 35.5. The highest BCUT2D eigenvalue weighted by Gasteiger charge is 2.12. The third-order valence-corrected chi connectivity index (χ3v) is 3.33. The van der Waals surface area contributed by atoms with Crippen LogP contribution < -0.4 is 5.32 Å². The molecule has 3 heteroatoms. The maximum Gasteiger partial charge on any atom is 0.0747 e. The Morgan fingerprint density at radius 1 is 1.24 bits per heavy atom. The first-order valence-corrected chi connectivity index (χ1v) is 6.92. The second kappa shape index (κ2) is 6.87. The Bertz CT molecular complexity index is 319. The van der Waals surface area contributed by atoms with Crippen LogP contribution in [0.2, 0.25) is 0 Å². The normalized spacial score (nSPS) is 20.2. The van der Waals surface area contributed by atoms with Gasteiger partial charge in [0.15, 0.2) is 0 Å². The summed E-state index contributed by atoms with van der Waals surface area (Å²) in [5, 5.41) is 3.43. The van der Waals surface area contributed by atoms with E-state index in [4.69, 9.17) is 16.3 Å². The zero-order valence-electron chi connectivity index (χ0n) is 10.1. The molecule has 0 aromatic heterocycles. The van der Waals surface area contributed by atoms with Gasteiger partial charge in [-0.2, -0.15) is 0 Å². The molecule has 1 aromatic rings. The maximum absolute atomic E-state index is 5.71. The number of aryl methyl sites for hydroxylation is 1. The SMILES string of the molecule is ClCCc1ccc(NCC2CCCCO2)cc1. The average Bonchev–Trinajstić information content (AvgIpc) is 2.40. The van der Waals surface area contributed by atoms with Crippen molar-refractivity contribution in [3.63, 3.8) is 0 Å². The summed E-state index contributed by atoms with van der Waals surface area (Å²) in [5.41, 5.74) is 2.46. The van der Waals surface area contributed by atoms with E-state index in [0.717, 1.165) is 25.3 Å². The van der Waals surface area contributed by atoms with Gasteiger partial charge in [-0.3, -0.25) is 0 Å². The van der Waals surface area contributed by atoms with Crippen LogP contribution in [0.4, 0.5) is 5.69 Å². The van der Waals surface area contributed by atoms with E-state index in [9.17, 15) is 0 Å². The van der Waals surface area contributed by atoms with Gasteiger partial charge >= 0.3 is 0 Å². The van der Waals surface area contributed by atoms with E-state index >= 15 is 0 Å². The molecule has 1 fully saturated rings. The van der Waals surface area contributed by atoms with Crippen LogP contribution in [0.15, 0.2) is 24.3 Å². The summed E-state index contributed by atoms with van der Waals surface area (Å²) >= 11 is 5.71. The molecule has 1 aliphatic rings. The lowest BCUT2D eigenvalue weighted by Gasteiger charge is -2.23. The van der Waals surface area contributed by atoms with Crippen molar-refractivity contribution in [3.8, 4) is 0 Å². The van der Waals surface area contributed by atoms with Crippen molar-refractivity contribution in [2.45, 2.75) is 31.8 Å². The van der Waals surface area contributed by atoms with Crippen LogP contribution >= 0.6 is 11.6 Å². The van der Waals surface area contributed by atoms with Crippen LogP contribution in [0.3, 0.4) is 0 Å². The van der Waals surface area contributed by atoms with E-state index in [1.54, 1.807) is 0 Å². The molecular formula is C14H20ClNO. The molecule has 1 atom stereocenters. The molecule has 0 bridgehead atoms. The topological polar surface area (TPSA) is 21.3 Å². The predicted molar refractivity (Wildman–Crippen MR) is 72.9 cm³/mol. The molecule has 2 nitrogen and oxygen atoms in total. The first-order chi connectivity index (χ1) is 8.38. The van der Waals surface area contributed by atoms with Crippen LogP contribution in [-0.2, 0) is 11.2 Å². The molecule has 1 aliphatic heterocycles. The monoisotopic (exact) mass is 253 g/mol. The molecule has 0 spiro atoms. The summed E-state index contributed by atoms with van der Waals surface area (Å²) in [6.07, 6.45) is 5.00. The number of ether oxygens (including phenoxy) is 1. The van der Waals surface area contributed by atoms with Crippen molar-refractivity contribution < 1.29 is 4.74 Å². The Labute approximate surface area is 108 Å². The number of benzene rings is 1. The van der Waals surface area contributed by atoms with E-state index in [2.05, 4.69) is 29.6 Å². The fourth-order valence-electron chi connectivity index (χ4n) is 2.10. The lowest BCUT2D eigenvalue weighted by Crippen LogP contribution is -2.26. The van der Waals surface area contributed by atoms with Gasteiger partial charge in [-0.1, -0.05) is 12.1 Å². The number of hydrogen-bond acceptors (Lipinski definition) is 2. The predicted octanol–water partition coefficient (Wildman–Crippen LogP) is 3.45. The van der Waals surface area contributed by atoms with E-state index in [1.807, 2.05) is 0 Å². The smallest absolute Gasteiger partial charge is 0.0747 e. The number of anilines is 1. The fourth-order valence-corrected chi connectivity index (χ4v) is 2.32. The zero-order valence-corrected chi connectivity index (χ0v) is 10.9. The molecule has 0 radical (unpaired) electrons. The molecule has 1 saturated heterocycles. The minimum Gasteiger partial charge on any atom is -0.382 e. The minimum atomic E-state index is 0.381. The number of halogens is 1. The minimum absolute atomic E-state index is 0.381. The van der Waals surface area contributed by atoms with Crippen LogP contribution in [-0.4, -0.2) is 25.1 Å². The van der Waals surface area contributed by atoms with Crippen LogP contribution in [0.1, 0.15) is 24.8 Å². The van der Waals surface area contributed by atoms with Gasteiger partial charge in [0.1, 0.15) is 0 Å². The molecule has 94 valence electrons. The van der Waals surface area contributed by atoms with Gasteiger partial charge in [-0.25, -0.2) is 0 Å². The van der Waals surface area contributed by atoms with E-state index in [1.165, 1.54) is 24.8 Å². The quantitative estimate of drug-likeness (QED) is 0.812. The summed E-state index contributed by atoms with van der Waals surface area (Å²) in [7, 11) is 0. The molecule has 1 N–H and O–H groups in total. The summed E-state index contributed by atoms with van der Waals surface area (Å²) in [6, 6.07) is 8.49. The Morgan fingerprint density at radius 3 is 2.71 bits per heavy atom. The van der Waals surface area contributed by atoms with Gasteiger partial charge < -0.3 is 10.1 Å². The Hall–Kier alpha value is -0.730. The third-order valence-electron chi connectivity index (χ3n) is 3.14. The molecule has 2 rings (SSSR count). The molecule has 0 saturated carbocycles. The van der Waals surface area contributed by atoms with Gasteiger partial charge in [0, 0.05) is 24.7 Å². The van der Waals surface area contributed by atoms with Crippen LogP contribution in [0, 0.1) is 0 Å². The van der Waals surface area contributed by atoms with E-state index in [0.29, 0.717) is 12.0 Å². The summed E-state index contributed by atoms with van der Waals surface area (Å²) < 4.78 is 5.68. The first-order valence-electron chi connectivity index (χ1n) is 6.39. The van der Waals surface area contributed by atoms with Crippen LogP contribution in [0.5, 0.6) is 0 Å². The van der Waals surface area contributed by atoms with Crippen molar-refractivity contribution in [2.75, 3.05) is 24.3 Å². The van der Waals surface area contributed by atoms with Gasteiger partial charge in [-0.15, -0.1) is 11.6 Å². The lowest BCUT2D eigenvalue weighted by molar-refractivity contribution is 0.0247. The van der Waals surface area contributed by atoms with Crippen molar-refractivity contribution in [3.05, 3.63) is 29.8 Å². The number of rotatable bonds is 5. The Kier molecular flexibility index (Phi) is 5.14. The van der Waals surface area contributed by atoms with Gasteiger partial charge in [0.25, 0.3) is 0 Å². The second-order valence-electron chi connectivity index (χ2n) is 4.51. The number of nitrogens with one attached hydrogen (secondary N) is 1. The van der Waals surface area contributed by atoms with Crippen LogP contribution in [0.25, 0.3) is 0 Å². The molecule has 17 heavy (non-hydrogen) atoms. The van der Waals surface area contributed by atoms with E-state index < -0.39 is 0 Å². The van der Waals surface area contributed by atoms with Crippen molar-refractivity contribution in [1.29, 1.82) is 0 Å². The summed E-state index contributed by atoms with van der Waals surface area (Å²) in [5.74, 6) is 0.683. The molecule has 1 aromatic carbocycles. The standard InChI is InChI=1S/C14H20ClNO/c15-9-8-12-4-6-13(7-5-12)16-11-14-3-1-2-10-17-14/h4-7,14,16H,1-3,8-11H2. The Morgan fingerprint density at radius 2 is 2.06 bits per heavy atom. The van der Waals surface area contributed by atoms with Gasteiger partial charge in [0.05, 0.1) is 6.10 Å². The number of hydrogen-bond donors (Lipinski definition) is 1. The molecular weight excluding hydrogens is 234 g/mol. The highest BCUT2D eigenvalue weighted by Crippen LogP contribution is 2.15. The molecule has 0 aliphatic carbocycles. The molecule has 0 amide bonds. The van der Waals surface area contributed by atoms with Crippen molar-refractivity contribution in [1.82, 2.24) is 0 Å². The van der Waals surface area contributed by atoms with E-state index in [-0.39, 0.29) is 0 Å². The maximum atomic E-state index is 5.71. The summed E-state index contributed by atoms with van der Waals surface area (Å²) in [6.45, 7) is 1.83. The average molecular weight is 254 g/mol. The first kappa shape index (κ1) is 12.7. The van der Waals surface area contributed by atoms with Crippen molar-refractivity contribution >= 4 is 17.3 Å². The largest absolute Gasteiger partial charge is 0.382 e. The highest BCUT2D eigenvalue weighted by molar-refractivity contribution is 6.17. The fraction of sp³-hybridized carbons (Fsp3) is 0.571. The Balaban J connectivity index is 1.77. The van der Waals surface area contributed by atoms with Gasteiger partial charge in [-0.05, 0) is 43.4 Å². The lowest BCUT2D eigenvalue weighted by atomic mass is 10.1. The molecule has 1 unspecified atom stereocenters. The zero-order chi connectivity index (χ0) is 11.9. The van der Waals surface area contributed by atoms with Crippen molar-refractivity contribution in [2.24, 2.45) is 0 Å². The summed E-state index contributed by atoms with van der Waals surface area (Å²) in [4.78, 5) is 0. The third kappa shape index (κ3) is 4.21. The van der Waals surface area contributed by atoms with Gasteiger partial charge in [0.2, 0.25) is 0 Å². The number of alkyl halides is 1.